The molecule has 0 aliphatic heterocycles. The number of rotatable bonds is 8. The Morgan fingerprint density at radius 2 is 2.33 bits per heavy atom. The summed E-state index contributed by atoms with van der Waals surface area (Å²) in [7, 11) is 0. The van der Waals surface area contributed by atoms with Crippen molar-refractivity contribution in [2.45, 2.75) is 31.7 Å². The van der Waals surface area contributed by atoms with E-state index in [-0.39, 0.29) is 12.3 Å². The number of nitrogens with one attached hydrogen (secondary N) is 1. The van der Waals surface area contributed by atoms with E-state index < -0.39 is 6.04 Å². The molecule has 0 bridgehead atoms. The van der Waals surface area contributed by atoms with Crippen LogP contribution in [-0.2, 0) is 16.0 Å². The Bertz CT molecular complexity index is 368. The van der Waals surface area contributed by atoms with E-state index in [0.29, 0.717) is 13.0 Å². The van der Waals surface area contributed by atoms with Gasteiger partial charge in [0.1, 0.15) is 6.29 Å². The van der Waals surface area contributed by atoms with Gasteiger partial charge in [0, 0.05) is 12.4 Å². The summed E-state index contributed by atoms with van der Waals surface area (Å²) in [6, 6.07) is 3.19. The van der Waals surface area contributed by atoms with Crippen molar-refractivity contribution >= 4 is 12.2 Å². The lowest BCUT2D eigenvalue weighted by Crippen LogP contribution is -2.37. The van der Waals surface area contributed by atoms with Crippen molar-refractivity contribution in [2.75, 3.05) is 6.54 Å². The van der Waals surface area contributed by atoms with Crippen LogP contribution >= 0.6 is 0 Å². The highest BCUT2D eigenvalue weighted by Crippen LogP contribution is 2.00. The SMILES string of the molecule is NCCCC[C@@H](C=O)NC(=O)Cc1cccnc1. The number of nitrogens with zero attached hydrogens (tertiary/aromatic N) is 1. The molecule has 0 aliphatic rings. The molecule has 0 aromatic carbocycles. The molecular weight excluding hydrogens is 230 g/mol. The molecule has 0 spiro atoms. The van der Waals surface area contributed by atoms with Crippen LogP contribution in [0.25, 0.3) is 0 Å². The maximum atomic E-state index is 11.7. The van der Waals surface area contributed by atoms with Crippen LogP contribution in [0.4, 0.5) is 0 Å². The van der Waals surface area contributed by atoms with Gasteiger partial charge in [-0.3, -0.25) is 9.78 Å². The Morgan fingerprint density at radius 1 is 1.50 bits per heavy atom. The summed E-state index contributed by atoms with van der Waals surface area (Å²) in [6.07, 6.45) is 6.66. The van der Waals surface area contributed by atoms with Crippen molar-refractivity contribution < 1.29 is 9.59 Å². The van der Waals surface area contributed by atoms with Crippen molar-refractivity contribution in [3.63, 3.8) is 0 Å². The fraction of sp³-hybridized carbons (Fsp3) is 0.462. The second-order valence-corrected chi connectivity index (χ2v) is 4.13. The van der Waals surface area contributed by atoms with Gasteiger partial charge < -0.3 is 15.8 Å². The molecule has 3 N–H and O–H groups in total. The van der Waals surface area contributed by atoms with Gasteiger partial charge in [0.15, 0.2) is 0 Å². The van der Waals surface area contributed by atoms with Crippen LogP contribution in [0.3, 0.4) is 0 Å². The van der Waals surface area contributed by atoms with Crippen molar-refractivity contribution in [2.24, 2.45) is 5.73 Å². The highest BCUT2D eigenvalue weighted by atomic mass is 16.2. The first-order valence-corrected chi connectivity index (χ1v) is 6.10. The minimum Gasteiger partial charge on any atom is -0.346 e. The normalized spacial score (nSPS) is 11.8. The Morgan fingerprint density at radius 3 is 2.94 bits per heavy atom. The number of carbonyl (C=O) groups is 2. The van der Waals surface area contributed by atoms with Gasteiger partial charge in [-0.05, 0) is 37.4 Å². The van der Waals surface area contributed by atoms with Gasteiger partial charge in [-0.25, -0.2) is 0 Å². The lowest BCUT2D eigenvalue weighted by Gasteiger charge is -2.12. The average Bonchev–Trinajstić information content (AvgIpc) is 2.39. The largest absolute Gasteiger partial charge is 0.346 e. The molecule has 0 saturated carbocycles. The molecule has 0 unspecified atom stereocenters. The number of aromatic nitrogens is 1. The van der Waals surface area contributed by atoms with Crippen molar-refractivity contribution in [1.29, 1.82) is 0 Å². The number of carbonyl (C=O) groups excluding carboxylic acids is 2. The van der Waals surface area contributed by atoms with E-state index >= 15 is 0 Å². The molecule has 1 aromatic rings. The van der Waals surface area contributed by atoms with Crippen LogP contribution in [0, 0.1) is 0 Å². The molecule has 1 amide bonds. The zero-order valence-corrected chi connectivity index (χ0v) is 10.3. The summed E-state index contributed by atoms with van der Waals surface area (Å²) >= 11 is 0. The maximum Gasteiger partial charge on any atom is 0.225 e. The average molecular weight is 249 g/mol. The molecule has 1 aromatic heterocycles. The Kier molecular flexibility index (Phi) is 6.64. The third-order valence-electron chi connectivity index (χ3n) is 2.57. The van der Waals surface area contributed by atoms with Crippen LogP contribution in [0.15, 0.2) is 24.5 Å². The first kappa shape index (κ1) is 14.3. The molecule has 0 fully saturated rings. The molecule has 18 heavy (non-hydrogen) atoms. The second kappa shape index (κ2) is 8.36. The highest BCUT2D eigenvalue weighted by molar-refractivity contribution is 5.81. The molecule has 5 nitrogen and oxygen atoms in total. The number of unbranched alkanes of at least 4 members (excludes halogenated alkanes) is 1. The number of hydrogen-bond donors (Lipinski definition) is 2. The van der Waals surface area contributed by atoms with Gasteiger partial charge in [-0.2, -0.15) is 0 Å². The Labute approximate surface area is 107 Å². The fourth-order valence-corrected chi connectivity index (χ4v) is 1.63. The third kappa shape index (κ3) is 5.54. The highest BCUT2D eigenvalue weighted by Gasteiger charge is 2.11. The maximum absolute atomic E-state index is 11.7. The topological polar surface area (TPSA) is 85.1 Å². The molecule has 98 valence electrons. The monoisotopic (exact) mass is 249 g/mol. The molecule has 1 heterocycles. The van der Waals surface area contributed by atoms with Gasteiger partial charge >= 0.3 is 0 Å². The van der Waals surface area contributed by atoms with E-state index in [1.165, 1.54) is 0 Å². The van der Waals surface area contributed by atoms with E-state index in [9.17, 15) is 9.59 Å². The fourth-order valence-electron chi connectivity index (χ4n) is 1.63. The first-order chi connectivity index (χ1) is 8.76. The Balaban J connectivity index is 2.35. The number of hydrogen-bond acceptors (Lipinski definition) is 4. The summed E-state index contributed by atoms with van der Waals surface area (Å²) in [5.41, 5.74) is 6.21. The summed E-state index contributed by atoms with van der Waals surface area (Å²) in [5, 5.41) is 2.70. The van der Waals surface area contributed by atoms with E-state index in [1.807, 2.05) is 6.07 Å². The van der Waals surface area contributed by atoms with Gasteiger partial charge in [-0.1, -0.05) is 6.07 Å². The van der Waals surface area contributed by atoms with Crippen LogP contribution in [0.5, 0.6) is 0 Å². The van der Waals surface area contributed by atoms with E-state index in [2.05, 4.69) is 10.3 Å². The summed E-state index contributed by atoms with van der Waals surface area (Å²) in [4.78, 5) is 26.5. The van der Waals surface area contributed by atoms with Crippen LogP contribution in [0.1, 0.15) is 24.8 Å². The predicted molar refractivity (Wildman–Crippen MR) is 68.8 cm³/mol. The predicted octanol–water partition coefficient (Wildman–Crippen LogP) is 0.437. The van der Waals surface area contributed by atoms with Gasteiger partial charge in [0.25, 0.3) is 0 Å². The van der Waals surface area contributed by atoms with Crippen LogP contribution in [0.2, 0.25) is 0 Å². The molecule has 1 atom stereocenters. The van der Waals surface area contributed by atoms with Crippen molar-refractivity contribution in [3.05, 3.63) is 30.1 Å². The number of pyridine rings is 1. The lowest BCUT2D eigenvalue weighted by molar-refractivity contribution is -0.123. The van der Waals surface area contributed by atoms with E-state index in [1.54, 1.807) is 18.5 Å². The Hall–Kier alpha value is -1.75. The van der Waals surface area contributed by atoms with E-state index in [4.69, 9.17) is 5.73 Å². The molecule has 0 saturated heterocycles. The molecule has 0 radical (unpaired) electrons. The lowest BCUT2D eigenvalue weighted by atomic mass is 10.1. The van der Waals surface area contributed by atoms with E-state index in [0.717, 1.165) is 24.7 Å². The molecular formula is C13H19N3O2. The van der Waals surface area contributed by atoms with Crippen LogP contribution < -0.4 is 11.1 Å². The number of aldehydes is 1. The van der Waals surface area contributed by atoms with Gasteiger partial charge in [0.05, 0.1) is 12.5 Å². The number of amides is 1. The van der Waals surface area contributed by atoms with Crippen molar-refractivity contribution in [3.8, 4) is 0 Å². The molecule has 0 aliphatic carbocycles. The van der Waals surface area contributed by atoms with Gasteiger partial charge in [0.2, 0.25) is 5.91 Å². The zero-order chi connectivity index (χ0) is 13.2. The third-order valence-corrected chi connectivity index (χ3v) is 2.57. The number of nitrogens with two attached hydrogens (primary N) is 1. The summed E-state index contributed by atoms with van der Waals surface area (Å²) in [6.45, 7) is 0.606. The second-order valence-electron chi connectivity index (χ2n) is 4.13. The minimum absolute atomic E-state index is 0.159. The quantitative estimate of drug-likeness (QED) is 0.517. The summed E-state index contributed by atoms with van der Waals surface area (Å²) in [5.74, 6) is -0.159. The first-order valence-electron chi connectivity index (χ1n) is 6.10. The van der Waals surface area contributed by atoms with Crippen LogP contribution in [-0.4, -0.2) is 29.8 Å². The standard InChI is InChI=1S/C13H19N3O2/c14-6-2-1-5-12(10-17)16-13(18)8-11-4-3-7-15-9-11/h3-4,7,9-10,12H,1-2,5-6,8,14H2,(H,16,18)/t12-/m0/s1. The minimum atomic E-state index is -0.416. The zero-order valence-electron chi connectivity index (χ0n) is 10.3. The van der Waals surface area contributed by atoms with Gasteiger partial charge in [-0.15, -0.1) is 0 Å². The van der Waals surface area contributed by atoms with Crippen molar-refractivity contribution in [1.82, 2.24) is 10.3 Å². The molecule has 1 rings (SSSR count). The smallest absolute Gasteiger partial charge is 0.225 e. The summed E-state index contributed by atoms with van der Waals surface area (Å²) < 4.78 is 0. The molecule has 5 heteroatoms.